The molecule has 0 aliphatic heterocycles. The van der Waals surface area contributed by atoms with E-state index in [2.05, 4.69) is 16.0 Å². The molecule has 5 aromatic carbocycles. The molecule has 0 saturated carbocycles. The van der Waals surface area contributed by atoms with Gasteiger partial charge in [-0.05, 0) is 77.9 Å². The van der Waals surface area contributed by atoms with Gasteiger partial charge in [-0.3, -0.25) is 14.4 Å². The Morgan fingerprint density at radius 1 is 0.750 bits per heavy atom. The smallest absolute Gasteiger partial charge is 0.272 e. The first-order valence-electron chi connectivity index (χ1n) is 14.8. The second kappa shape index (κ2) is 16.4. The van der Waals surface area contributed by atoms with Crippen molar-refractivity contribution in [1.29, 1.82) is 0 Å². The second-order valence-electron chi connectivity index (χ2n) is 10.4. The summed E-state index contributed by atoms with van der Waals surface area (Å²) in [5, 5.41) is 8.40. The maximum atomic E-state index is 13.7. The number of methoxy groups -OCH3 is 2. The van der Waals surface area contributed by atoms with Crippen LogP contribution in [0.25, 0.3) is 6.08 Å². The molecule has 0 heterocycles. The van der Waals surface area contributed by atoms with Crippen LogP contribution >= 0.6 is 23.4 Å². The van der Waals surface area contributed by atoms with E-state index in [0.29, 0.717) is 39.0 Å². The molecule has 5 aromatic rings. The summed E-state index contributed by atoms with van der Waals surface area (Å²) in [6.45, 7) is 0. The SMILES string of the molecule is COc1ccc(/C=C(/NC(=O)c2ccccc2)C(=O)Nc2cccc(SC(C(=O)Nc3cc(Cl)ccc3OC)c3ccccc3)c2)cc1. The predicted octanol–water partition coefficient (Wildman–Crippen LogP) is 8.24. The van der Waals surface area contributed by atoms with Crippen molar-refractivity contribution in [1.82, 2.24) is 5.32 Å². The van der Waals surface area contributed by atoms with E-state index in [1.807, 2.05) is 42.5 Å². The van der Waals surface area contributed by atoms with Gasteiger partial charge in [0.15, 0.2) is 0 Å². The van der Waals surface area contributed by atoms with E-state index in [1.165, 1.54) is 18.9 Å². The molecule has 242 valence electrons. The molecular formula is C38H32ClN3O5S. The number of hydrogen-bond acceptors (Lipinski definition) is 6. The van der Waals surface area contributed by atoms with Gasteiger partial charge in [0.2, 0.25) is 5.91 Å². The number of anilines is 2. The first kappa shape index (κ1) is 33.8. The Bertz CT molecular complexity index is 1920. The largest absolute Gasteiger partial charge is 0.497 e. The van der Waals surface area contributed by atoms with E-state index in [-0.39, 0.29) is 11.6 Å². The molecule has 0 aliphatic rings. The normalized spacial score (nSPS) is 11.6. The molecule has 8 nitrogen and oxygen atoms in total. The minimum Gasteiger partial charge on any atom is -0.497 e. The van der Waals surface area contributed by atoms with Gasteiger partial charge in [-0.1, -0.05) is 78.3 Å². The lowest BCUT2D eigenvalue weighted by molar-refractivity contribution is -0.116. The minimum atomic E-state index is -0.656. The van der Waals surface area contributed by atoms with Gasteiger partial charge in [-0.25, -0.2) is 0 Å². The summed E-state index contributed by atoms with van der Waals surface area (Å²) in [5.41, 5.74) is 2.85. The van der Waals surface area contributed by atoms with Gasteiger partial charge >= 0.3 is 0 Å². The Morgan fingerprint density at radius 2 is 1.46 bits per heavy atom. The quantitative estimate of drug-likeness (QED) is 0.0908. The molecule has 3 amide bonds. The van der Waals surface area contributed by atoms with Gasteiger partial charge in [-0.2, -0.15) is 0 Å². The average molecular weight is 678 g/mol. The first-order chi connectivity index (χ1) is 23.3. The Morgan fingerprint density at radius 3 is 2.15 bits per heavy atom. The van der Waals surface area contributed by atoms with Crippen LogP contribution in [0.2, 0.25) is 5.02 Å². The van der Waals surface area contributed by atoms with Crippen molar-refractivity contribution in [2.75, 3.05) is 24.9 Å². The number of ether oxygens (including phenoxy) is 2. The molecule has 0 fully saturated rings. The fourth-order valence-corrected chi connectivity index (χ4v) is 5.92. The van der Waals surface area contributed by atoms with Crippen LogP contribution in [0.4, 0.5) is 11.4 Å². The zero-order chi connectivity index (χ0) is 33.9. The highest BCUT2D eigenvalue weighted by Gasteiger charge is 2.24. The van der Waals surface area contributed by atoms with E-state index in [1.54, 1.807) is 98.1 Å². The molecule has 0 aromatic heterocycles. The molecule has 0 radical (unpaired) electrons. The number of thioether (sulfide) groups is 1. The number of amides is 3. The third-order valence-electron chi connectivity index (χ3n) is 7.06. The highest BCUT2D eigenvalue weighted by molar-refractivity contribution is 8.00. The molecule has 48 heavy (non-hydrogen) atoms. The average Bonchev–Trinajstić information content (AvgIpc) is 3.11. The number of halogens is 1. The number of carbonyl (C=O) groups excluding carboxylic acids is 3. The first-order valence-corrected chi connectivity index (χ1v) is 16.1. The van der Waals surface area contributed by atoms with Gasteiger partial charge in [0.1, 0.15) is 22.4 Å². The summed E-state index contributed by atoms with van der Waals surface area (Å²) in [4.78, 5) is 41.2. The van der Waals surface area contributed by atoms with Crippen LogP contribution in [0.1, 0.15) is 26.7 Å². The molecule has 0 aliphatic carbocycles. The number of benzene rings is 5. The second-order valence-corrected chi connectivity index (χ2v) is 12.0. The Hall–Kier alpha value is -5.51. The zero-order valence-corrected chi connectivity index (χ0v) is 27.7. The molecule has 0 bridgehead atoms. The van der Waals surface area contributed by atoms with Crippen LogP contribution in [-0.2, 0) is 9.59 Å². The van der Waals surface area contributed by atoms with E-state index < -0.39 is 17.1 Å². The zero-order valence-electron chi connectivity index (χ0n) is 26.1. The number of carbonyl (C=O) groups is 3. The van der Waals surface area contributed by atoms with Crippen LogP contribution < -0.4 is 25.4 Å². The van der Waals surface area contributed by atoms with Crippen LogP contribution in [0.5, 0.6) is 11.5 Å². The lowest BCUT2D eigenvalue weighted by Crippen LogP contribution is -2.30. The predicted molar refractivity (Wildman–Crippen MR) is 192 cm³/mol. The third-order valence-corrected chi connectivity index (χ3v) is 8.54. The van der Waals surface area contributed by atoms with Gasteiger partial charge < -0.3 is 25.4 Å². The molecule has 5 rings (SSSR count). The lowest BCUT2D eigenvalue weighted by atomic mass is 10.1. The molecule has 1 unspecified atom stereocenters. The molecule has 3 N–H and O–H groups in total. The van der Waals surface area contributed by atoms with E-state index >= 15 is 0 Å². The van der Waals surface area contributed by atoms with Crippen molar-refractivity contribution in [2.45, 2.75) is 10.1 Å². The van der Waals surface area contributed by atoms with Crippen LogP contribution in [0.15, 0.2) is 138 Å². The molecule has 1 atom stereocenters. The third kappa shape index (κ3) is 9.06. The van der Waals surface area contributed by atoms with Crippen molar-refractivity contribution in [3.8, 4) is 11.5 Å². The number of rotatable bonds is 12. The standard InChI is InChI=1S/C38H32ClN3O5S/c1-46-30-19-16-25(17-20-30)22-33(42-36(43)27-12-7-4-8-13-27)37(44)40-29-14-9-15-31(24-29)48-35(26-10-5-3-6-11-26)38(45)41-32-23-28(39)18-21-34(32)47-2/h3-24,35H,1-2H3,(H,40,44)(H,41,45)(H,42,43)/b33-22+. The molecule has 10 heteroatoms. The van der Waals surface area contributed by atoms with Gasteiger partial charge in [-0.15, -0.1) is 11.8 Å². The Kier molecular flexibility index (Phi) is 11.5. The molecule has 0 spiro atoms. The summed E-state index contributed by atoms with van der Waals surface area (Å²) in [5.74, 6) is -0.0952. The number of nitrogens with one attached hydrogen (secondary N) is 3. The van der Waals surface area contributed by atoms with E-state index in [4.69, 9.17) is 21.1 Å². The van der Waals surface area contributed by atoms with E-state index in [0.717, 1.165) is 10.5 Å². The van der Waals surface area contributed by atoms with Crippen LogP contribution in [0.3, 0.4) is 0 Å². The van der Waals surface area contributed by atoms with Crippen molar-refractivity contribution in [3.63, 3.8) is 0 Å². The summed E-state index contributed by atoms with van der Waals surface area (Å²) in [6.07, 6.45) is 1.59. The number of hydrogen-bond donors (Lipinski definition) is 3. The summed E-state index contributed by atoms with van der Waals surface area (Å²) in [6, 6.07) is 37.3. The maximum absolute atomic E-state index is 13.7. The Labute approximate surface area is 288 Å². The van der Waals surface area contributed by atoms with Gasteiger partial charge in [0.05, 0.1) is 19.9 Å². The topological polar surface area (TPSA) is 106 Å². The highest BCUT2D eigenvalue weighted by Crippen LogP contribution is 2.38. The van der Waals surface area contributed by atoms with Crippen molar-refractivity contribution >= 4 is 58.5 Å². The fraction of sp³-hybridized carbons (Fsp3) is 0.0789. The van der Waals surface area contributed by atoms with Crippen LogP contribution in [0, 0.1) is 0 Å². The molecule has 0 saturated heterocycles. The van der Waals surface area contributed by atoms with Crippen LogP contribution in [-0.4, -0.2) is 31.9 Å². The fourth-order valence-electron chi connectivity index (χ4n) is 4.67. The van der Waals surface area contributed by atoms with Crippen molar-refractivity contribution in [3.05, 3.63) is 155 Å². The van der Waals surface area contributed by atoms with Crippen molar-refractivity contribution in [2.24, 2.45) is 0 Å². The van der Waals surface area contributed by atoms with Gasteiger partial charge in [0, 0.05) is 21.2 Å². The lowest BCUT2D eigenvalue weighted by Gasteiger charge is -2.19. The van der Waals surface area contributed by atoms with E-state index in [9.17, 15) is 14.4 Å². The summed E-state index contributed by atoms with van der Waals surface area (Å²) in [7, 11) is 3.09. The highest BCUT2D eigenvalue weighted by atomic mass is 35.5. The summed E-state index contributed by atoms with van der Waals surface area (Å²) < 4.78 is 10.7. The van der Waals surface area contributed by atoms with Crippen molar-refractivity contribution < 1.29 is 23.9 Å². The minimum absolute atomic E-state index is 0.0454. The van der Waals surface area contributed by atoms with Gasteiger partial charge in [0.25, 0.3) is 11.8 Å². The maximum Gasteiger partial charge on any atom is 0.272 e. The summed E-state index contributed by atoms with van der Waals surface area (Å²) >= 11 is 7.52. The molecular weight excluding hydrogens is 646 g/mol. The monoisotopic (exact) mass is 677 g/mol. The Balaban J connectivity index is 1.39.